The SMILES string of the molecule is CCN(C(=O)NC(CC(=O)O)C(C)C)C1CC1. The number of hydrogen-bond donors (Lipinski definition) is 2. The van der Waals surface area contributed by atoms with Crippen LogP contribution in [-0.4, -0.2) is 40.6 Å². The fourth-order valence-corrected chi connectivity index (χ4v) is 1.84. The average molecular weight is 242 g/mol. The number of hydrogen-bond acceptors (Lipinski definition) is 2. The third kappa shape index (κ3) is 4.24. The molecule has 1 rings (SSSR count). The van der Waals surface area contributed by atoms with Gasteiger partial charge in [-0.25, -0.2) is 4.79 Å². The van der Waals surface area contributed by atoms with Gasteiger partial charge < -0.3 is 15.3 Å². The second-order valence-electron chi connectivity index (χ2n) is 4.92. The molecular formula is C12H22N2O3. The molecule has 5 heteroatoms. The summed E-state index contributed by atoms with van der Waals surface area (Å²) in [5.74, 6) is -0.758. The highest BCUT2D eigenvalue weighted by molar-refractivity contribution is 5.76. The summed E-state index contributed by atoms with van der Waals surface area (Å²) in [5, 5.41) is 11.6. The van der Waals surface area contributed by atoms with Crippen molar-refractivity contribution in [3.8, 4) is 0 Å². The first kappa shape index (κ1) is 13.8. The molecule has 0 heterocycles. The van der Waals surface area contributed by atoms with Gasteiger partial charge in [0, 0.05) is 18.6 Å². The fraction of sp³-hybridized carbons (Fsp3) is 0.833. The fourth-order valence-electron chi connectivity index (χ4n) is 1.84. The van der Waals surface area contributed by atoms with Crippen molar-refractivity contribution in [2.45, 2.75) is 52.1 Å². The summed E-state index contributed by atoms with van der Waals surface area (Å²) in [6, 6.07) is -0.0691. The van der Waals surface area contributed by atoms with E-state index in [1.165, 1.54) is 0 Å². The van der Waals surface area contributed by atoms with Crippen molar-refractivity contribution in [1.82, 2.24) is 10.2 Å². The van der Waals surface area contributed by atoms with Gasteiger partial charge in [0.1, 0.15) is 0 Å². The Morgan fingerprint density at radius 3 is 2.35 bits per heavy atom. The average Bonchev–Trinajstić information content (AvgIpc) is 3.01. The number of carboxylic acid groups (broad SMARTS) is 1. The lowest BCUT2D eigenvalue weighted by Gasteiger charge is -2.26. The van der Waals surface area contributed by atoms with E-state index in [0.29, 0.717) is 12.6 Å². The summed E-state index contributed by atoms with van der Waals surface area (Å²) in [7, 11) is 0. The standard InChI is InChI=1S/C12H22N2O3/c1-4-14(9-5-6-9)12(17)13-10(8(2)3)7-11(15)16/h8-10H,4-7H2,1-3H3,(H,13,17)(H,15,16). The lowest BCUT2D eigenvalue weighted by atomic mass is 10.0. The molecule has 0 saturated heterocycles. The van der Waals surface area contributed by atoms with Crippen molar-refractivity contribution < 1.29 is 14.7 Å². The van der Waals surface area contributed by atoms with Gasteiger partial charge in [-0.05, 0) is 25.7 Å². The first-order valence-corrected chi connectivity index (χ1v) is 6.24. The molecule has 1 atom stereocenters. The number of nitrogens with one attached hydrogen (secondary N) is 1. The maximum atomic E-state index is 12.0. The van der Waals surface area contributed by atoms with Crippen LogP contribution in [0.3, 0.4) is 0 Å². The molecule has 2 amide bonds. The Labute approximate surface area is 102 Å². The van der Waals surface area contributed by atoms with Crippen molar-refractivity contribution >= 4 is 12.0 Å². The third-order valence-corrected chi connectivity index (χ3v) is 3.10. The number of aliphatic carboxylic acids is 1. The van der Waals surface area contributed by atoms with Gasteiger partial charge in [-0.3, -0.25) is 4.79 Å². The van der Waals surface area contributed by atoms with Crippen LogP contribution < -0.4 is 5.32 Å². The first-order chi connectivity index (χ1) is 7.95. The third-order valence-electron chi connectivity index (χ3n) is 3.10. The summed E-state index contributed by atoms with van der Waals surface area (Å²) in [6.45, 7) is 6.45. The predicted octanol–water partition coefficient (Wildman–Crippen LogP) is 1.68. The van der Waals surface area contributed by atoms with Crippen molar-refractivity contribution in [3.05, 3.63) is 0 Å². The minimum atomic E-state index is -0.876. The van der Waals surface area contributed by atoms with Gasteiger partial charge in [0.05, 0.1) is 6.42 Å². The molecule has 0 aromatic carbocycles. The maximum Gasteiger partial charge on any atom is 0.317 e. The zero-order valence-corrected chi connectivity index (χ0v) is 10.8. The van der Waals surface area contributed by atoms with Gasteiger partial charge in [-0.15, -0.1) is 0 Å². The molecular weight excluding hydrogens is 220 g/mol. The lowest BCUT2D eigenvalue weighted by Crippen LogP contribution is -2.48. The molecule has 0 spiro atoms. The molecule has 98 valence electrons. The molecule has 1 fully saturated rings. The van der Waals surface area contributed by atoms with Crippen LogP contribution in [0.4, 0.5) is 4.79 Å². The second-order valence-corrected chi connectivity index (χ2v) is 4.92. The molecule has 0 aliphatic heterocycles. The van der Waals surface area contributed by atoms with Crippen LogP contribution in [0.25, 0.3) is 0 Å². The smallest absolute Gasteiger partial charge is 0.317 e. The Kier molecular flexibility index (Phi) is 4.78. The highest BCUT2D eigenvalue weighted by atomic mass is 16.4. The highest BCUT2D eigenvalue weighted by Gasteiger charge is 2.32. The minimum absolute atomic E-state index is 0.0222. The summed E-state index contributed by atoms with van der Waals surface area (Å²) < 4.78 is 0. The van der Waals surface area contributed by atoms with Crippen molar-refractivity contribution in [1.29, 1.82) is 0 Å². The number of urea groups is 1. The van der Waals surface area contributed by atoms with E-state index in [9.17, 15) is 9.59 Å². The normalized spacial score (nSPS) is 16.7. The molecule has 0 radical (unpaired) electrons. The highest BCUT2D eigenvalue weighted by Crippen LogP contribution is 2.26. The van der Waals surface area contributed by atoms with Gasteiger partial charge in [0.15, 0.2) is 0 Å². The second kappa shape index (κ2) is 5.89. The van der Waals surface area contributed by atoms with Crippen LogP contribution in [0.2, 0.25) is 0 Å². The molecule has 1 aliphatic carbocycles. The van der Waals surface area contributed by atoms with Crippen molar-refractivity contribution in [3.63, 3.8) is 0 Å². The largest absolute Gasteiger partial charge is 0.481 e. The minimum Gasteiger partial charge on any atom is -0.481 e. The van der Waals surface area contributed by atoms with E-state index in [0.717, 1.165) is 12.8 Å². The van der Waals surface area contributed by atoms with Gasteiger partial charge in [-0.2, -0.15) is 0 Å². The quantitative estimate of drug-likeness (QED) is 0.744. The molecule has 0 bridgehead atoms. The number of rotatable bonds is 6. The molecule has 5 nitrogen and oxygen atoms in total. The summed E-state index contributed by atoms with van der Waals surface area (Å²) in [6.07, 6.45) is 2.10. The zero-order chi connectivity index (χ0) is 13.0. The van der Waals surface area contributed by atoms with Gasteiger partial charge in [0.2, 0.25) is 0 Å². The van der Waals surface area contributed by atoms with Gasteiger partial charge in [-0.1, -0.05) is 13.8 Å². The summed E-state index contributed by atoms with van der Waals surface area (Å²) in [5.41, 5.74) is 0. The van der Waals surface area contributed by atoms with E-state index in [-0.39, 0.29) is 24.4 Å². The number of carbonyl (C=O) groups is 2. The van der Waals surface area contributed by atoms with Crippen LogP contribution in [0, 0.1) is 5.92 Å². The van der Waals surface area contributed by atoms with E-state index < -0.39 is 5.97 Å². The van der Waals surface area contributed by atoms with Crippen LogP contribution in [0.5, 0.6) is 0 Å². The van der Waals surface area contributed by atoms with E-state index in [4.69, 9.17) is 5.11 Å². The summed E-state index contributed by atoms with van der Waals surface area (Å²) in [4.78, 5) is 24.5. The van der Waals surface area contributed by atoms with Crippen molar-refractivity contribution in [2.24, 2.45) is 5.92 Å². The topological polar surface area (TPSA) is 69.6 Å². The predicted molar refractivity (Wildman–Crippen MR) is 64.8 cm³/mol. The Morgan fingerprint density at radius 2 is 2.00 bits per heavy atom. The Balaban J connectivity index is 2.52. The maximum absolute atomic E-state index is 12.0. The number of nitrogens with zero attached hydrogens (tertiary/aromatic N) is 1. The molecule has 0 aromatic rings. The summed E-state index contributed by atoms with van der Waals surface area (Å²) >= 11 is 0. The molecule has 1 aliphatic rings. The van der Waals surface area contributed by atoms with Crippen LogP contribution >= 0.6 is 0 Å². The molecule has 0 aromatic heterocycles. The van der Waals surface area contributed by atoms with Crippen LogP contribution in [0.15, 0.2) is 0 Å². The van der Waals surface area contributed by atoms with E-state index in [1.807, 2.05) is 20.8 Å². The van der Waals surface area contributed by atoms with Crippen LogP contribution in [-0.2, 0) is 4.79 Å². The Morgan fingerprint density at radius 1 is 1.41 bits per heavy atom. The Hall–Kier alpha value is -1.26. The zero-order valence-electron chi connectivity index (χ0n) is 10.8. The number of amides is 2. The lowest BCUT2D eigenvalue weighted by molar-refractivity contribution is -0.137. The van der Waals surface area contributed by atoms with Crippen LogP contribution in [0.1, 0.15) is 40.0 Å². The van der Waals surface area contributed by atoms with E-state index in [1.54, 1.807) is 4.90 Å². The molecule has 17 heavy (non-hydrogen) atoms. The monoisotopic (exact) mass is 242 g/mol. The first-order valence-electron chi connectivity index (χ1n) is 6.24. The Bertz CT molecular complexity index is 287. The molecule has 1 saturated carbocycles. The van der Waals surface area contributed by atoms with E-state index in [2.05, 4.69) is 5.32 Å². The van der Waals surface area contributed by atoms with Gasteiger partial charge in [0.25, 0.3) is 0 Å². The van der Waals surface area contributed by atoms with Crippen molar-refractivity contribution in [2.75, 3.05) is 6.54 Å². The van der Waals surface area contributed by atoms with Gasteiger partial charge >= 0.3 is 12.0 Å². The number of carbonyl (C=O) groups excluding carboxylic acids is 1. The molecule has 1 unspecified atom stereocenters. The number of carboxylic acids is 1. The molecule has 2 N–H and O–H groups in total. The van der Waals surface area contributed by atoms with E-state index >= 15 is 0 Å².